The average molecular weight is 205 g/mol. The summed E-state index contributed by atoms with van der Waals surface area (Å²) in [6.07, 6.45) is 1.65. The Labute approximate surface area is 87.1 Å². The fourth-order valence-electron chi connectivity index (χ4n) is 1.58. The lowest BCUT2D eigenvalue weighted by molar-refractivity contribution is 0.617. The second-order valence-corrected chi connectivity index (χ2v) is 3.61. The van der Waals surface area contributed by atoms with Crippen molar-refractivity contribution in [3.8, 4) is 11.1 Å². The van der Waals surface area contributed by atoms with Gasteiger partial charge in [-0.15, -0.1) is 0 Å². The van der Waals surface area contributed by atoms with Crippen molar-refractivity contribution in [1.82, 2.24) is 10.2 Å². The summed E-state index contributed by atoms with van der Waals surface area (Å²) in [6, 6.07) is 3.29. The third kappa shape index (κ3) is 1.58. The fraction of sp³-hybridized carbons (Fsp3) is 0.182. The molecule has 78 valence electrons. The monoisotopic (exact) mass is 205 g/mol. The number of anilines is 1. The molecule has 3 N–H and O–H groups in total. The van der Waals surface area contributed by atoms with E-state index in [1.807, 2.05) is 6.92 Å². The Morgan fingerprint density at radius 1 is 1.20 bits per heavy atom. The van der Waals surface area contributed by atoms with Gasteiger partial charge >= 0.3 is 0 Å². The fourth-order valence-corrected chi connectivity index (χ4v) is 1.58. The number of nitrogens with one attached hydrogen (secondary N) is 1. The smallest absolute Gasteiger partial charge is 0.126 e. The van der Waals surface area contributed by atoms with Crippen LogP contribution in [-0.2, 0) is 0 Å². The van der Waals surface area contributed by atoms with Crippen LogP contribution in [0.4, 0.5) is 10.2 Å². The van der Waals surface area contributed by atoms with Gasteiger partial charge in [-0.3, -0.25) is 5.10 Å². The first-order valence-electron chi connectivity index (χ1n) is 4.65. The van der Waals surface area contributed by atoms with Crippen molar-refractivity contribution in [2.24, 2.45) is 0 Å². The van der Waals surface area contributed by atoms with E-state index in [0.717, 1.165) is 16.7 Å². The first-order chi connectivity index (χ1) is 7.09. The number of aromatic amines is 1. The van der Waals surface area contributed by atoms with Crippen LogP contribution in [0.5, 0.6) is 0 Å². The summed E-state index contributed by atoms with van der Waals surface area (Å²) in [5, 5.41) is 6.51. The molecule has 0 aliphatic rings. The number of halogens is 1. The zero-order valence-electron chi connectivity index (χ0n) is 8.63. The minimum Gasteiger partial charge on any atom is -0.384 e. The van der Waals surface area contributed by atoms with E-state index in [9.17, 15) is 4.39 Å². The molecule has 15 heavy (non-hydrogen) atoms. The molecule has 0 bridgehead atoms. The maximum absolute atomic E-state index is 13.2. The molecule has 1 aromatic carbocycles. The second-order valence-electron chi connectivity index (χ2n) is 3.61. The molecule has 0 unspecified atom stereocenters. The van der Waals surface area contributed by atoms with Crippen molar-refractivity contribution in [2.75, 3.05) is 5.73 Å². The molecule has 0 amide bonds. The van der Waals surface area contributed by atoms with Gasteiger partial charge in [0, 0.05) is 5.56 Å². The quantitative estimate of drug-likeness (QED) is 0.751. The number of nitrogen functional groups attached to an aromatic ring is 1. The van der Waals surface area contributed by atoms with Crippen molar-refractivity contribution in [2.45, 2.75) is 13.8 Å². The van der Waals surface area contributed by atoms with Gasteiger partial charge in [0.15, 0.2) is 0 Å². The average Bonchev–Trinajstić information content (AvgIpc) is 2.58. The summed E-state index contributed by atoms with van der Waals surface area (Å²) in [4.78, 5) is 0. The van der Waals surface area contributed by atoms with Gasteiger partial charge in [-0.2, -0.15) is 5.10 Å². The summed E-state index contributed by atoms with van der Waals surface area (Å²) in [7, 11) is 0. The Bertz CT molecular complexity index is 503. The molecule has 0 aliphatic heterocycles. The van der Waals surface area contributed by atoms with Crippen LogP contribution in [0.3, 0.4) is 0 Å². The lowest BCUT2D eigenvalue weighted by atomic mass is 10.00. The third-order valence-corrected chi connectivity index (χ3v) is 2.46. The van der Waals surface area contributed by atoms with Gasteiger partial charge in [0.1, 0.15) is 11.6 Å². The number of hydrogen-bond acceptors (Lipinski definition) is 2. The number of H-pyrrole nitrogens is 1. The number of nitrogens with two attached hydrogens (primary N) is 1. The topological polar surface area (TPSA) is 54.7 Å². The zero-order chi connectivity index (χ0) is 11.0. The molecule has 4 heteroatoms. The van der Waals surface area contributed by atoms with Crippen LogP contribution in [0.2, 0.25) is 0 Å². The summed E-state index contributed by atoms with van der Waals surface area (Å²) >= 11 is 0. The van der Waals surface area contributed by atoms with Crippen LogP contribution in [0.15, 0.2) is 18.3 Å². The second kappa shape index (κ2) is 3.38. The molecule has 0 fully saturated rings. The molecule has 0 atom stereocenters. The number of nitrogens with zero attached hydrogens (tertiary/aromatic N) is 1. The van der Waals surface area contributed by atoms with Crippen LogP contribution >= 0.6 is 0 Å². The van der Waals surface area contributed by atoms with E-state index in [2.05, 4.69) is 10.2 Å². The molecule has 0 aliphatic carbocycles. The van der Waals surface area contributed by atoms with Crippen LogP contribution in [0.25, 0.3) is 11.1 Å². The van der Waals surface area contributed by atoms with E-state index in [-0.39, 0.29) is 5.82 Å². The van der Waals surface area contributed by atoms with Gasteiger partial charge in [0.05, 0.1) is 6.20 Å². The highest BCUT2D eigenvalue weighted by molar-refractivity contribution is 5.76. The highest BCUT2D eigenvalue weighted by atomic mass is 19.1. The first-order valence-corrected chi connectivity index (χ1v) is 4.65. The van der Waals surface area contributed by atoms with Crippen molar-refractivity contribution < 1.29 is 4.39 Å². The van der Waals surface area contributed by atoms with Crippen molar-refractivity contribution in [1.29, 1.82) is 0 Å². The van der Waals surface area contributed by atoms with E-state index in [1.165, 1.54) is 6.07 Å². The highest BCUT2D eigenvalue weighted by Gasteiger charge is 2.10. The first kappa shape index (κ1) is 9.71. The summed E-state index contributed by atoms with van der Waals surface area (Å²) < 4.78 is 13.2. The Kier molecular flexibility index (Phi) is 2.19. The zero-order valence-corrected chi connectivity index (χ0v) is 8.63. The van der Waals surface area contributed by atoms with Gasteiger partial charge in [-0.25, -0.2) is 4.39 Å². The van der Waals surface area contributed by atoms with Gasteiger partial charge in [0.25, 0.3) is 0 Å². The Morgan fingerprint density at radius 2 is 1.93 bits per heavy atom. The normalized spacial score (nSPS) is 10.6. The summed E-state index contributed by atoms with van der Waals surface area (Å²) in [6.45, 7) is 3.58. The minimum absolute atomic E-state index is 0.196. The molecule has 0 saturated carbocycles. The van der Waals surface area contributed by atoms with E-state index in [4.69, 9.17) is 5.73 Å². The van der Waals surface area contributed by atoms with Crippen molar-refractivity contribution in [3.05, 3.63) is 35.3 Å². The van der Waals surface area contributed by atoms with Gasteiger partial charge < -0.3 is 5.73 Å². The lowest BCUT2D eigenvalue weighted by Gasteiger charge is -2.06. The minimum atomic E-state index is -0.196. The third-order valence-electron chi connectivity index (χ3n) is 2.46. The molecule has 1 aromatic heterocycles. The van der Waals surface area contributed by atoms with E-state index in [0.29, 0.717) is 11.4 Å². The predicted molar refractivity (Wildman–Crippen MR) is 57.9 cm³/mol. The molecular weight excluding hydrogens is 193 g/mol. The Morgan fingerprint density at radius 3 is 2.53 bits per heavy atom. The molecule has 0 saturated heterocycles. The largest absolute Gasteiger partial charge is 0.384 e. The number of aromatic nitrogens is 2. The van der Waals surface area contributed by atoms with Crippen LogP contribution < -0.4 is 5.73 Å². The molecule has 1 heterocycles. The van der Waals surface area contributed by atoms with E-state index in [1.54, 1.807) is 19.2 Å². The molecule has 3 nitrogen and oxygen atoms in total. The number of rotatable bonds is 1. The summed E-state index contributed by atoms with van der Waals surface area (Å²) in [5.74, 6) is 0.308. The molecular formula is C11H12FN3. The molecule has 0 spiro atoms. The molecule has 2 rings (SSSR count). The van der Waals surface area contributed by atoms with E-state index < -0.39 is 0 Å². The number of aryl methyl sites for hydroxylation is 2. The Hall–Kier alpha value is -1.84. The Balaban J connectivity index is 2.64. The van der Waals surface area contributed by atoms with Crippen LogP contribution in [0.1, 0.15) is 11.1 Å². The highest BCUT2D eigenvalue weighted by Crippen LogP contribution is 2.28. The summed E-state index contributed by atoms with van der Waals surface area (Å²) in [5.41, 5.74) is 8.91. The van der Waals surface area contributed by atoms with Gasteiger partial charge in [0.2, 0.25) is 0 Å². The van der Waals surface area contributed by atoms with Gasteiger partial charge in [-0.1, -0.05) is 0 Å². The van der Waals surface area contributed by atoms with Crippen LogP contribution in [0, 0.1) is 19.7 Å². The lowest BCUT2D eigenvalue weighted by Crippen LogP contribution is -1.92. The molecule has 0 radical (unpaired) electrons. The standard InChI is InChI=1S/C11H12FN3/c1-6-4-10(12)7(2)3-8(6)9-5-14-15-11(9)13/h3-5H,1-2H3,(H3,13,14,15). The van der Waals surface area contributed by atoms with Gasteiger partial charge in [-0.05, 0) is 42.7 Å². The van der Waals surface area contributed by atoms with Crippen molar-refractivity contribution >= 4 is 5.82 Å². The maximum atomic E-state index is 13.2. The number of benzene rings is 1. The van der Waals surface area contributed by atoms with Crippen LogP contribution in [-0.4, -0.2) is 10.2 Å². The molecule has 2 aromatic rings. The van der Waals surface area contributed by atoms with Crippen molar-refractivity contribution in [3.63, 3.8) is 0 Å². The maximum Gasteiger partial charge on any atom is 0.126 e. The number of hydrogen-bond donors (Lipinski definition) is 2. The predicted octanol–water partition coefficient (Wildman–Crippen LogP) is 2.41. The SMILES string of the molecule is Cc1cc(-c2cn[nH]c2N)c(C)cc1F. The van der Waals surface area contributed by atoms with E-state index >= 15 is 0 Å².